The van der Waals surface area contributed by atoms with Crippen LogP contribution in [-0.4, -0.2) is 30.4 Å². The molecule has 0 aliphatic carbocycles. The Balaban J connectivity index is 1.83. The molecule has 2 aromatic rings. The van der Waals surface area contributed by atoms with Crippen LogP contribution >= 0.6 is 11.6 Å². The van der Waals surface area contributed by atoms with Gasteiger partial charge in [0, 0.05) is 30.2 Å². The van der Waals surface area contributed by atoms with Gasteiger partial charge in [0.05, 0.1) is 16.3 Å². The molecule has 2 heterocycles. The number of rotatable bonds is 6. The lowest BCUT2D eigenvalue weighted by Gasteiger charge is -2.42. The minimum absolute atomic E-state index is 0.0143. The summed E-state index contributed by atoms with van der Waals surface area (Å²) in [6.07, 6.45) is 2.27. The van der Waals surface area contributed by atoms with Gasteiger partial charge < -0.3 is 4.43 Å². The van der Waals surface area contributed by atoms with Gasteiger partial charge in [0.25, 0.3) is 0 Å². The van der Waals surface area contributed by atoms with Crippen molar-refractivity contribution < 1.29 is 13.6 Å². The van der Waals surface area contributed by atoms with E-state index in [-0.39, 0.29) is 22.3 Å². The van der Waals surface area contributed by atoms with Crippen LogP contribution < -0.4 is 0 Å². The summed E-state index contributed by atoms with van der Waals surface area (Å²) in [5.41, 5.74) is 2.40. The number of nitrogens with zero attached hydrogens (tertiary/aromatic N) is 2. The molecule has 0 amide bonds. The summed E-state index contributed by atoms with van der Waals surface area (Å²) >= 11 is 5.87. The van der Waals surface area contributed by atoms with Crippen LogP contribution in [0.2, 0.25) is 23.2 Å². The SMILES string of the molecule is CC(C)(O[Si](C)(C)C(C)(C)C)C1=Nc2nccc(C(=O)Cc3ccc(F)c(Cl)c3)c2C1. The van der Waals surface area contributed by atoms with Crippen molar-refractivity contribution in [1.82, 2.24) is 4.98 Å². The fourth-order valence-electron chi connectivity index (χ4n) is 3.48. The Bertz CT molecular complexity index is 1060. The number of halogens is 2. The number of hydrogen-bond donors (Lipinski definition) is 0. The number of pyridine rings is 1. The third-order valence-electron chi connectivity index (χ3n) is 6.28. The summed E-state index contributed by atoms with van der Waals surface area (Å²) < 4.78 is 20.1. The van der Waals surface area contributed by atoms with Gasteiger partial charge in [-0.15, -0.1) is 0 Å². The molecule has 1 aliphatic heterocycles. The van der Waals surface area contributed by atoms with Crippen LogP contribution in [0.15, 0.2) is 35.5 Å². The van der Waals surface area contributed by atoms with E-state index < -0.39 is 19.7 Å². The van der Waals surface area contributed by atoms with E-state index in [1.54, 1.807) is 18.3 Å². The van der Waals surface area contributed by atoms with Crippen molar-refractivity contribution in [3.05, 3.63) is 58.0 Å². The minimum atomic E-state index is -2.02. The number of ketones is 1. The van der Waals surface area contributed by atoms with Crippen LogP contribution in [0.5, 0.6) is 0 Å². The number of carbonyl (C=O) groups excluding carboxylic acids is 1. The summed E-state index contributed by atoms with van der Waals surface area (Å²) in [5.74, 6) is 0.00969. The molecule has 31 heavy (non-hydrogen) atoms. The molecule has 0 N–H and O–H groups in total. The molecule has 1 aliphatic rings. The van der Waals surface area contributed by atoms with E-state index in [9.17, 15) is 9.18 Å². The molecule has 166 valence electrons. The van der Waals surface area contributed by atoms with Crippen LogP contribution in [0.3, 0.4) is 0 Å². The number of carbonyl (C=O) groups is 1. The average molecular weight is 461 g/mol. The first-order valence-corrected chi connectivity index (χ1v) is 13.7. The van der Waals surface area contributed by atoms with Gasteiger partial charge in [0.1, 0.15) is 5.82 Å². The predicted molar refractivity (Wildman–Crippen MR) is 127 cm³/mol. The third kappa shape index (κ3) is 4.97. The minimum Gasteiger partial charge on any atom is -0.407 e. The van der Waals surface area contributed by atoms with Crippen molar-refractivity contribution in [3.63, 3.8) is 0 Å². The van der Waals surface area contributed by atoms with Gasteiger partial charge in [-0.3, -0.25) is 4.79 Å². The normalized spacial score (nSPS) is 14.4. The highest BCUT2D eigenvalue weighted by atomic mass is 35.5. The Morgan fingerprint density at radius 2 is 1.87 bits per heavy atom. The van der Waals surface area contributed by atoms with Crippen molar-refractivity contribution in [2.45, 2.75) is 71.2 Å². The number of hydrogen-bond acceptors (Lipinski definition) is 4. The number of Topliss-reactive ketones (excluding diaryl/α,β-unsaturated/α-hetero) is 1. The Labute approximate surface area is 190 Å². The van der Waals surface area contributed by atoms with E-state index in [1.807, 2.05) is 13.8 Å². The van der Waals surface area contributed by atoms with Crippen molar-refractivity contribution in [2.24, 2.45) is 4.99 Å². The summed E-state index contributed by atoms with van der Waals surface area (Å²) in [7, 11) is -2.02. The maximum absolute atomic E-state index is 13.4. The molecule has 0 bridgehead atoms. The third-order valence-corrected chi connectivity index (χ3v) is 11.2. The molecule has 0 saturated carbocycles. The van der Waals surface area contributed by atoms with Crippen molar-refractivity contribution in [3.8, 4) is 0 Å². The predicted octanol–water partition coefficient (Wildman–Crippen LogP) is 6.73. The van der Waals surface area contributed by atoms with Crippen LogP contribution in [0.4, 0.5) is 10.2 Å². The second-order valence-electron chi connectivity index (χ2n) is 10.1. The summed E-state index contributed by atoms with van der Waals surface area (Å²) in [4.78, 5) is 22.2. The lowest BCUT2D eigenvalue weighted by Crippen LogP contribution is -2.50. The Morgan fingerprint density at radius 1 is 1.19 bits per heavy atom. The molecular weight excluding hydrogens is 431 g/mol. The number of fused-ring (bicyclic) bond motifs is 1. The van der Waals surface area contributed by atoms with Gasteiger partial charge in [-0.05, 0) is 55.7 Å². The maximum atomic E-state index is 13.4. The lowest BCUT2D eigenvalue weighted by molar-refractivity contribution is 0.0992. The summed E-state index contributed by atoms with van der Waals surface area (Å²) in [6.45, 7) is 15.2. The number of aromatic nitrogens is 1. The molecule has 4 nitrogen and oxygen atoms in total. The van der Waals surface area contributed by atoms with E-state index in [1.165, 1.54) is 12.1 Å². The highest BCUT2D eigenvalue weighted by Gasteiger charge is 2.44. The van der Waals surface area contributed by atoms with E-state index in [0.717, 1.165) is 11.3 Å². The van der Waals surface area contributed by atoms with Crippen molar-refractivity contribution in [1.29, 1.82) is 0 Å². The smallest absolute Gasteiger partial charge is 0.193 e. The molecular formula is C24H30ClFN2O2Si. The fraction of sp³-hybridized carbons (Fsp3) is 0.458. The fourth-order valence-corrected chi connectivity index (χ4v) is 5.38. The highest BCUT2D eigenvalue weighted by Crippen LogP contribution is 2.41. The summed E-state index contributed by atoms with van der Waals surface area (Å²) in [6, 6.07) is 6.09. The Hall–Kier alpha value is -1.89. The molecule has 1 aromatic heterocycles. The van der Waals surface area contributed by atoms with Gasteiger partial charge in [-0.2, -0.15) is 0 Å². The van der Waals surface area contributed by atoms with Gasteiger partial charge in [-0.25, -0.2) is 14.4 Å². The van der Waals surface area contributed by atoms with Crippen LogP contribution in [-0.2, 0) is 17.3 Å². The zero-order valence-corrected chi connectivity index (χ0v) is 21.0. The van der Waals surface area contributed by atoms with Gasteiger partial charge >= 0.3 is 0 Å². The lowest BCUT2D eigenvalue weighted by atomic mass is 9.94. The van der Waals surface area contributed by atoms with E-state index >= 15 is 0 Å². The standard InChI is InChI=1S/C24H30ClFN2O2Si/c1-23(2,3)31(6,7)30-24(4,5)21-14-17-16(10-11-27-22(17)28-21)20(29)13-15-8-9-19(26)18(25)12-15/h8-12H,13-14H2,1-7H3. The Morgan fingerprint density at radius 3 is 2.48 bits per heavy atom. The zero-order chi connectivity index (χ0) is 23.2. The molecule has 3 rings (SSSR count). The largest absolute Gasteiger partial charge is 0.407 e. The number of benzene rings is 1. The van der Waals surface area contributed by atoms with Crippen LogP contribution in [0, 0.1) is 5.82 Å². The van der Waals surface area contributed by atoms with Gasteiger partial charge in [0.15, 0.2) is 19.9 Å². The first kappa shape index (κ1) is 23.8. The molecule has 0 saturated heterocycles. The van der Waals surface area contributed by atoms with E-state index in [4.69, 9.17) is 21.0 Å². The second kappa shape index (κ2) is 8.23. The summed E-state index contributed by atoms with van der Waals surface area (Å²) in [5, 5.41) is 0.0898. The number of aliphatic imine (C=N–C) groups is 1. The van der Waals surface area contributed by atoms with Gasteiger partial charge in [-0.1, -0.05) is 38.4 Å². The molecule has 0 atom stereocenters. The monoisotopic (exact) mass is 460 g/mol. The first-order valence-electron chi connectivity index (χ1n) is 10.4. The Kier molecular flexibility index (Phi) is 6.31. The van der Waals surface area contributed by atoms with Crippen LogP contribution in [0.1, 0.15) is 56.1 Å². The van der Waals surface area contributed by atoms with E-state index in [0.29, 0.717) is 23.4 Å². The molecule has 0 unspecified atom stereocenters. The molecule has 7 heteroatoms. The van der Waals surface area contributed by atoms with Crippen molar-refractivity contribution in [2.75, 3.05) is 0 Å². The first-order chi connectivity index (χ1) is 14.2. The highest BCUT2D eigenvalue weighted by molar-refractivity contribution is 6.74. The van der Waals surface area contributed by atoms with Gasteiger partial charge in [0.2, 0.25) is 0 Å². The van der Waals surface area contributed by atoms with E-state index in [2.05, 4.69) is 38.8 Å². The molecule has 0 spiro atoms. The topological polar surface area (TPSA) is 51.6 Å². The average Bonchev–Trinajstić information content (AvgIpc) is 3.08. The van der Waals surface area contributed by atoms with Crippen LogP contribution in [0.25, 0.3) is 0 Å². The molecule has 1 aromatic carbocycles. The zero-order valence-electron chi connectivity index (χ0n) is 19.3. The molecule has 0 radical (unpaired) electrons. The van der Waals surface area contributed by atoms with Crippen molar-refractivity contribution >= 4 is 37.2 Å². The quantitative estimate of drug-likeness (QED) is 0.354. The second-order valence-corrected chi connectivity index (χ2v) is 15.2. The molecule has 0 fully saturated rings. The maximum Gasteiger partial charge on any atom is 0.193 e.